The molecule has 1 aromatic heterocycles. The third-order valence-electron chi connectivity index (χ3n) is 9.77. The van der Waals surface area contributed by atoms with Crippen LogP contribution in [0.25, 0.3) is 0 Å². The molecule has 0 amide bonds. The first kappa shape index (κ1) is 23.1. The summed E-state index contributed by atoms with van der Waals surface area (Å²) in [6.07, 6.45) is 6.74. The Morgan fingerprint density at radius 1 is 1.15 bits per heavy atom. The number of aryl methyl sites for hydroxylation is 1. The van der Waals surface area contributed by atoms with E-state index in [1.165, 1.54) is 6.20 Å². The van der Waals surface area contributed by atoms with E-state index in [1.807, 2.05) is 6.92 Å². The standard InChI is InChI=1S/C26H32N2O6/c1-14-12-28(23(33)27-22(14)32)13-20(31)26(34)9-7-18-17-5-4-15-10-16(29)6-8-24(15,2)21(17)19(30)11-25(18,26)3/h10,12,17-18,21,34H,4-9,11,13H2,1-3H3,(H,27,32,33)/t17-,18-,21+,24-,25-,26-/m0/s1. The SMILES string of the molecule is Cc1cn(CC(=O)[C@@]2(O)CC[C@H]3[C@@H]4CCC5=CC(=O)CC[C@]5(C)[C@H]4C(=O)C[C@@]32C)c(=O)[nH]c1=O. The van der Waals surface area contributed by atoms with Crippen LogP contribution in [0.15, 0.2) is 27.4 Å². The number of fused-ring (bicyclic) bond motifs is 5. The van der Waals surface area contributed by atoms with Crippen LogP contribution in [-0.2, 0) is 20.9 Å². The van der Waals surface area contributed by atoms with Gasteiger partial charge in [0.15, 0.2) is 11.6 Å². The van der Waals surface area contributed by atoms with Gasteiger partial charge in [0.2, 0.25) is 0 Å². The molecule has 1 aromatic rings. The number of rotatable bonds is 3. The van der Waals surface area contributed by atoms with Gasteiger partial charge in [-0.15, -0.1) is 0 Å². The number of aliphatic hydroxyl groups is 1. The third kappa shape index (κ3) is 3.03. The number of aromatic amines is 1. The van der Waals surface area contributed by atoms with Gasteiger partial charge in [-0.3, -0.25) is 28.7 Å². The van der Waals surface area contributed by atoms with Crippen molar-refractivity contribution in [2.24, 2.45) is 28.6 Å². The highest BCUT2D eigenvalue weighted by Gasteiger charge is 2.68. The summed E-state index contributed by atoms with van der Waals surface area (Å²) < 4.78 is 1.12. The molecule has 4 aliphatic rings. The Balaban J connectivity index is 1.47. The van der Waals surface area contributed by atoms with Gasteiger partial charge in [0.05, 0.1) is 6.54 Å². The monoisotopic (exact) mass is 468 g/mol. The van der Waals surface area contributed by atoms with Gasteiger partial charge >= 0.3 is 5.69 Å². The molecule has 0 unspecified atom stereocenters. The number of nitrogens with zero attached hydrogens (tertiary/aromatic N) is 1. The van der Waals surface area contributed by atoms with Crippen LogP contribution < -0.4 is 11.2 Å². The Kier molecular flexibility index (Phi) is 5.07. The van der Waals surface area contributed by atoms with Crippen LogP contribution in [0, 0.1) is 35.5 Å². The lowest BCUT2D eigenvalue weighted by atomic mass is 9.46. The lowest BCUT2D eigenvalue weighted by Crippen LogP contribution is -2.61. The predicted octanol–water partition coefficient (Wildman–Crippen LogP) is 1.86. The van der Waals surface area contributed by atoms with E-state index in [0.717, 1.165) is 23.0 Å². The molecule has 5 rings (SSSR count). The quantitative estimate of drug-likeness (QED) is 0.697. The number of ketones is 3. The minimum atomic E-state index is -1.72. The second-order valence-electron chi connectivity index (χ2n) is 11.4. The summed E-state index contributed by atoms with van der Waals surface area (Å²) >= 11 is 0. The number of aromatic nitrogens is 2. The predicted molar refractivity (Wildman–Crippen MR) is 123 cm³/mol. The number of nitrogens with one attached hydrogen (secondary N) is 1. The van der Waals surface area contributed by atoms with Gasteiger partial charge in [0.25, 0.3) is 5.56 Å². The Morgan fingerprint density at radius 2 is 1.88 bits per heavy atom. The molecule has 0 aliphatic heterocycles. The summed E-state index contributed by atoms with van der Waals surface area (Å²) in [5.74, 6) is -0.427. The molecule has 0 saturated heterocycles. The van der Waals surface area contributed by atoms with Gasteiger partial charge in [0.1, 0.15) is 11.4 Å². The van der Waals surface area contributed by atoms with Gasteiger partial charge in [-0.2, -0.15) is 0 Å². The number of carbonyl (C=O) groups excluding carboxylic acids is 3. The molecule has 34 heavy (non-hydrogen) atoms. The van der Waals surface area contributed by atoms with Crippen molar-refractivity contribution >= 4 is 17.3 Å². The van der Waals surface area contributed by atoms with E-state index in [0.29, 0.717) is 24.8 Å². The Bertz CT molecular complexity index is 1260. The summed E-state index contributed by atoms with van der Waals surface area (Å²) in [5.41, 5.74) is -2.78. The lowest BCUT2D eigenvalue weighted by Gasteiger charge is -2.57. The number of Topliss-reactive ketones (excluding diaryl/α,β-unsaturated/α-hetero) is 2. The van der Waals surface area contributed by atoms with Gasteiger partial charge in [-0.05, 0) is 62.4 Å². The second kappa shape index (κ2) is 7.44. The number of carbonyl (C=O) groups is 3. The fourth-order valence-corrected chi connectivity index (χ4v) is 7.87. The van der Waals surface area contributed by atoms with E-state index >= 15 is 0 Å². The molecule has 8 nitrogen and oxygen atoms in total. The molecule has 3 fully saturated rings. The molecule has 4 aliphatic carbocycles. The molecular formula is C26H32N2O6. The van der Waals surface area contributed by atoms with Crippen molar-refractivity contribution < 1.29 is 19.5 Å². The maximum atomic E-state index is 13.7. The highest BCUT2D eigenvalue weighted by atomic mass is 16.3. The highest BCUT2D eigenvalue weighted by Crippen LogP contribution is 2.66. The average Bonchev–Trinajstić information content (AvgIpc) is 3.03. The zero-order valence-corrected chi connectivity index (χ0v) is 20.0. The Labute approximate surface area is 197 Å². The van der Waals surface area contributed by atoms with Crippen LogP contribution in [0.1, 0.15) is 64.4 Å². The van der Waals surface area contributed by atoms with Crippen molar-refractivity contribution in [3.05, 3.63) is 44.2 Å². The second-order valence-corrected chi connectivity index (χ2v) is 11.4. The van der Waals surface area contributed by atoms with Crippen LogP contribution in [0.3, 0.4) is 0 Å². The van der Waals surface area contributed by atoms with Crippen molar-refractivity contribution in [2.75, 3.05) is 0 Å². The molecule has 182 valence electrons. The van der Waals surface area contributed by atoms with Crippen molar-refractivity contribution in [3.8, 4) is 0 Å². The number of allylic oxidation sites excluding steroid dienone is 1. The van der Waals surface area contributed by atoms with E-state index in [9.17, 15) is 29.1 Å². The first-order valence-corrected chi connectivity index (χ1v) is 12.2. The zero-order chi connectivity index (χ0) is 24.6. The summed E-state index contributed by atoms with van der Waals surface area (Å²) in [7, 11) is 0. The number of hydrogen-bond donors (Lipinski definition) is 2. The number of hydrogen-bond acceptors (Lipinski definition) is 6. The van der Waals surface area contributed by atoms with E-state index in [4.69, 9.17) is 0 Å². The molecule has 8 heteroatoms. The van der Waals surface area contributed by atoms with Crippen LogP contribution in [0.5, 0.6) is 0 Å². The number of H-pyrrole nitrogens is 1. The van der Waals surface area contributed by atoms with Crippen LogP contribution in [0.4, 0.5) is 0 Å². The topological polar surface area (TPSA) is 126 Å². The van der Waals surface area contributed by atoms with Gasteiger partial charge < -0.3 is 5.11 Å². The molecule has 6 atom stereocenters. The van der Waals surface area contributed by atoms with E-state index < -0.39 is 28.0 Å². The molecule has 0 aromatic carbocycles. The largest absolute Gasteiger partial charge is 0.381 e. The fourth-order valence-electron chi connectivity index (χ4n) is 7.87. The van der Waals surface area contributed by atoms with Crippen molar-refractivity contribution in [3.63, 3.8) is 0 Å². The van der Waals surface area contributed by atoms with Gasteiger partial charge in [-0.25, -0.2) is 4.79 Å². The normalized spacial score (nSPS) is 39.2. The lowest BCUT2D eigenvalue weighted by molar-refractivity contribution is -0.169. The van der Waals surface area contributed by atoms with Crippen molar-refractivity contribution in [2.45, 2.75) is 77.9 Å². The summed E-state index contributed by atoms with van der Waals surface area (Å²) in [6, 6.07) is 0. The Hall–Kier alpha value is -2.61. The molecule has 1 heterocycles. The summed E-state index contributed by atoms with van der Waals surface area (Å²) in [5, 5.41) is 11.8. The van der Waals surface area contributed by atoms with Crippen LogP contribution >= 0.6 is 0 Å². The van der Waals surface area contributed by atoms with Gasteiger partial charge in [-0.1, -0.05) is 19.4 Å². The minimum absolute atomic E-state index is 0.00851. The molecule has 0 radical (unpaired) electrons. The summed E-state index contributed by atoms with van der Waals surface area (Å²) in [4.78, 5) is 65.3. The van der Waals surface area contributed by atoms with Crippen LogP contribution in [-0.4, -0.2) is 37.6 Å². The average molecular weight is 469 g/mol. The van der Waals surface area contributed by atoms with Crippen molar-refractivity contribution in [1.29, 1.82) is 0 Å². The third-order valence-corrected chi connectivity index (χ3v) is 9.77. The maximum Gasteiger partial charge on any atom is 0.328 e. The first-order valence-electron chi connectivity index (χ1n) is 12.2. The van der Waals surface area contributed by atoms with E-state index in [-0.39, 0.29) is 54.1 Å². The Morgan fingerprint density at radius 3 is 2.62 bits per heavy atom. The molecule has 0 spiro atoms. The highest BCUT2D eigenvalue weighted by molar-refractivity contribution is 5.94. The fraction of sp³-hybridized carbons (Fsp3) is 0.654. The maximum absolute atomic E-state index is 13.7. The molecular weight excluding hydrogens is 436 g/mol. The first-order chi connectivity index (χ1) is 15.9. The molecule has 3 saturated carbocycles. The van der Waals surface area contributed by atoms with Gasteiger partial charge in [0, 0.05) is 35.9 Å². The van der Waals surface area contributed by atoms with E-state index in [2.05, 4.69) is 11.9 Å². The minimum Gasteiger partial charge on any atom is -0.381 e. The van der Waals surface area contributed by atoms with Crippen molar-refractivity contribution in [1.82, 2.24) is 9.55 Å². The van der Waals surface area contributed by atoms with E-state index in [1.54, 1.807) is 13.0 Å². The molecule has 0 bridgehead atoms. The smallest absolute Gasteiger partial charge is 0.328 e. The van der Waals surface area contributed by atoms with Crippen LogP contribution in [0.2, 0.25) is 0 Å². The molecule has 2 N–H and O–H groups in total. The summed E-state index contributed by atoms with van der Waals surface area (Å²) in [6.45, 7) is 5.16. The zero-order valence-electron chi connectivity index (χ0n) is 20.0.